The third-order valence-electron chi connectivity index (χ3n) is 2.98. The van der Waals surface area contributed by atoms with Crippen molar-refractivity contribution in [2.24, 2.45) is 5.41 Å². The highest BCUT2D eigenvalue weighted by Gasteiger charge is 2.32. The first-order valence-electron chi connectivity index (χ1n) is 6.72. The topological polar surface area (TPSA) is 78.4 Å². The van der Waals surface area contributed by atoms with Gasteiger partial charge in [-0.3, -0.25) is 0 Å². The number of nitrogens with one attached hydrogen (secondary N) is 2. The van der Waals surface area contributed by atoms with Crippen molar-refractivity contribution in [3.63, 3.8) is 0 Å². The van der Waals surface area contributed by atoms with Gasteiger partial charge in [-0.2, -0.15) is 0 Å². The second kappa shape index (κ2) is 7.06. The van der Waals surface area contributed by atoms with E-state index in [0.29, 0.717) is 13.0 Å². The number of hydrogen-bond donors (Lipinski definition) is 3. The number of carboxylic acid groups (broad SMARTS) is 1. The van der Waals surface area contributed by atoms with Gasteiger partial charge in [-0.1, -0.05) is 32.9 Å². The third-order valence-corrected chi connectivity index (χ3v) is 2.98. The summed E-state index contributed by atoms with van der Waals surface area (Å²) in [4.78, 5) is 22.8. The Morgan fingerprint density at radius 2 is 2.00 bits per heavy atom. The fourth-order valence-electron chi connectivity index (χ4n) is 1.84. The molecule has 1 atom stereocenters. The van der Waals surface area contributed by atoms with Gasteiger partial charge in [0.1, 0.15) is 11.9 Å². The van der Waals surface area contributed by atoms with Crippen molar-refractivity contribution >= 4 is 12.0 Å². The Morgan fingerprint density at radius 3 is 2.52 bits per heavy atom. The molecule has 21 heavy (non-hydrogen) atoms. The summed E-state index contributed by atoms with van der Waals surface area (Å²) in [5.41, 5.74) is 0.173. The van der Waals surface area contributed by atoms with E-state index in [-0.39, 0.29) is 5.82 Å². The molecule has 1 rings (SSSR count). The lowest BCUT2D eigenvalue weighted by atomic mass is 9.87. The molecule has 0 heterocycles. The Balaban J connectivity index is 2.45. The van der Waals surface area contributed by atoms with Gasteiger partial charge >= 0.3 is 12.0 Å². The van der Waals surface area contributed by atoms with Gasteiger partial charge < -0.3 is 15.7 Å². The number of hydrogen-bond acceptors (Lipinski definition) is 2. The van der Waals surface area contributed by atoms with E-state index in [0.717, 1.165) is 5.56 Å². The molecule has 0 aliphatic heterocycles. The lowest BCUT2D eigenvalue weighted by molar-refractivity contribution is -0.141. The standard InChI is InChI=1S/C15H21FN2O3/c1-15(2,3)12(13(19)20)18-14(21)17-8-7-10-5-4-6-11(16)9-10/h4-6,9,12H,7-8H2,1-3H3,(H,19,20)(H2,17,18,21)/t12-/m1/s1. The zero-order valence-corrected chi connectivity index (χ0v) is 12.4. The highest BCUT2D eigenvalue weighted by molar-refractivity contribution is 5.83. The molecule has 0 aliphatic rings. The molecule has 0 saturated heterocycles. The van der Waals surface area contributed by atoms with Crippen LogP contribution >= 0.6 is 0 Å². The third kappa shape index (κ3) is 5.81. The maximum Gasteiger partial charge on any atom is 0.326 e. The van der Waals surface area contributed by atoms with Crippen molar-refractivity contribution in [2.75, 3.05) is 6.54 Å². The number of amides is 2. The largest absolute Gasteiger partial charge is 0.480 e. The Morgan fingerprint density at radius 1 is 1.33 bits per heavy atom. The van der Waals surface area contributed by atoms with Crippen LogP contribution < -0.4 is 10.6 Å². The minimum atomic E-state index is -1.08. The highest BCUT2D eigenvalue weighted by Crippen LogP contribution is 2.19. The minimum Gasteiger partial charge on any atom is -0.480 e. The number of carboxylic acids is 1. The minimum absolute atomic E-state index is 0.297. The van der Waals surface area contributed by atoms with Gasteiger partial charge in [-0.15, -0.1) is 0 Å². The van der Waals surface area contributed by atoms with E-state index in [9.17, 15) is 14.0 Å². The van der Waals surface area contributed by atoms with E-state index in [4.69, 9.17) is 5.11 Å². The van der Waals surface area contributed by atoms with Gasteiger partial charge in [0.25, 0.3) is 0 Å². The molecule has 0 bridgehead atoms. The van der Waals surface area contributed by atoms with Crippen molar-refractivity contribution in [1.82, 2.24) is 10.6 Å². The van der Waals surface area contributed by atoms with Crippen LogP contribution in [0.2, 0.25) is 0 Å². The fourth-order valence-corrected chi connectivity index (χ4v) is 1.84. The summed E-state index contributed by atoms with van der Waals surface area (Å²) in [6.07, 6.45) is 0.471. The van der Waals surface area contributed by atoms with Gasteiger partial charge in [0.15, 0.2) is 0 Å². The van der Waals surface area contributed by atoms with Crippen molar-refractivity contribution in [2.45, 2.75) is 33.2 Å². The van der Waals surface area contributed by atoms with Crippen LogP contribution in [0.5, 0.6) is 0 Å². The maximum absolute atomic E-state index is 13.0. The van der Waals surface area contributed by atoms with Crippen molar-refractivity contribution in [3.8, 4) is 0 Å². The second-order valence-electron chi connectivity index (χ2n) is 5.92. The smallest absolute Gasteiger partial charge is 0.326 e. The van der Waals surface area contributed by atoms with E-state index in [1.165, 1.54) is 12.1 Å². The van der Waals surface area contributed by atoms with Crippen LogP contribution in [0, 0.1) is 11.2 Å². The Labute approximate surface area is 123 Å². The fraction of sp³-hybridized carbons (Fsp3) is 0.467. The molecule has 1 aromatic rings. The molecular formula is C15H21FN2O3. The molecule has 0 spiro atoms. The summed E-state index contributed by atoms with van der Waals surface area (Å²) < 4.78 is 13.0. The highest BCUT2D eigenvalue weighted by atomic mass is 19.1. The van der Waals surface area contributed by atoms with Crippen LogP contribution in [0.1, 0.15) is 26.3 Å². The van der Waals surface area contributed by atoms with Gasteiger partial charge in [-0.25, -0.2) is 14.0 Å². The predicted molar refractivity (Wildman–Crippen MR) is 77.5 cm³/mol. The number of halogens is 1. The summed E-state index contributed by atoms with van der Waals surface area (Å²) in [7, 11) is 0. The van der Waals surface area contributed by atoms with E-state index in [2.05, 4.69) is 10.6 Å². The van der Waals surface area contributed by atoms with Crippen LogP contribution in [-0.4, -0.2) is 29.7 Å². The molecule has 6 heteroatoms. The monoisotopic (exact) mass is 296 g/mol. The molecule has 0 saturated carbocycles. The second-order valence-corrected chi connectivity index (χ2v) is 5.92. The SMILES string of the molecule is CC(C)(C)[C@H](NC(=O)NCCc1cccc(F)c1)C(=O)O. The zero-order valence-electron chi connectivity index (χ0n) is 12.4. The van der Waals surface area contributed by atoms with Crippen molar-refractivity contribution in [3.05, 3.63) is 35.6 Å². The summed E-state index contributed by atoms with van der Waals surface area (Å²) in [6.45, 7) is 5.50. The first-order valence-corrected chi connectivity index (χ1v) is 6.72. The van der Waals surface area contributed by atoms with Gasteiger partial charge in [0, 0.05) is 6.54 Å². The molecule has 3 N–H and O–H groups in total. The van der Waals surface area contributed by atoms with Crippen molar-refractivity contribution < 1.29 is 19.1 Å². The number of rotatable bonds is 5. The molecule has 1 aromatic carbocycles. The van der Waals surface area contributed by atoms with Crippen LogP contribution in [0.3, 0.4) is 0 Å². The first-order chi connectivity index (χ1) is 9.70. The molecule has 0 radical (unpaired) electrons. The first kappa shape index (κ1) is 16.9. The molecule has 2 amide bonds. The van der Waals surface area contributed by atoms with Crippen LogP contribution in [0.15, 0.2) is 24.3 Å². The average Bonchev–Trinajstić information content (AvgIpc) is 2.34. The summed E-state index contributed by atoms with van der Waals surface area (Å²) in [5, 5.41) is 14.1. The lowest BCUT2D eigenvalue weighted by Gasteiger charge is -2.27. The Bertz CT molecular complexity index is 512. The van der Waals surface area contributed by atoms with E-state index in [1.807, 2.05) is 0 Å². The van der Waals surface area contributed by atoms with Gasteiger partial charge in [0.2, 0.25) is 0 Å². The number of aliphatic carboxylic acids is 1. The molecule has 5 nitrogen and oxygen atoms in total. The summed E-state index contributed by atoms with van der Waals surface area (Å²) >= 11 is 0. The molecule has 0 fully saturated rings. The van der Waals surface area contributed by atoms with Crippen LogP contribution in [0.4, 0.5) is 9.18 Å². The molecule has 0 aliphatic carbocycles. The molecular weight excluding hydrogens is 275 g/mol. The Kier molecular flexibility index (Phi) is 5.69. The normalized spacial score (nSPS) is 12.6. The quantitative estimate of drug-likeness (QED) is 0.779. The maximum atomic E-state index is 13.0. The number of urea groups is 1. The molecule has 116 valence electrons. The van der Waals surface area contributed by atoms with Gasteiger partial charge in [0.05, 0.1) is 0 Å². The van der Waals surface area contributed by atoms with E-state index in [1.54, 1.807) is 32.9 Å². The summed E-state index contributed by atoms with van der Waals surface area (Å²) in [5.74, 6) is -1.40. The predicted octanol–water partition coefficient (Wildman–Crippen LogP) is 2.17. The zero-order chi connectivity index (χ0) is 16.0. The number of carbonyl (C=O) groups is 2. The molecule has 0 unspecified atom stereocenters. The average molecular weight is 296 g/mol. The van der Waals surface area contributed by atoms with Crippen LogP contribution in [0.25, 0.3) is 0 Å². The van der Waals surface area contributed by atoms with E-state index >= 15 is 0 Å². The number of carbonyl (C=O) groups excluding carboxylic acids is 1. The summed E-state index contributed by atoms with van der Waals surface area (Å²) in [6, 6.07) is 4.59. The van der Waals surface area contributed by atoms with Crippen LogP contribution in [-0.2, 0) is 11.2 Å². The molecule has 0 aromatic heterocycles. The lowest BCUT2D eigenvalue weighted by Crippen LogP contribution is -2.52. The number of benzene rings is 1. The van der Waals surface area contributed by atoms with Gasteiger partial charge in [-0.05, 0) is 29.5 Å². The van der Waals surface area contributed by atoms with Crippen molar-refractivity contribution in [1.29, 1.82) is 0 Å². The Hall–Kier alpha value is -2.11. The van der Waals surface area contributed by atoms with E-state index < -0.39 is 23.5 Å².